The highest BCUT2D eigenvalue weighted by Gasteiger charge is 2.22. The third-order valence-electron chi connectivity index (χ3n) is 5.42. The maximum Gasteiger partial charge on any atom is 0.166 e. The number of benzene rings is 1. The highest BCUT2D eigenvalue weighted by Crippen LogP contribution is 2.36. The molecule has 1 aliphatic heterocycles. The van der Waals surface area contributed by atoms with Crippen molar-refractivity contribution in [2.24, 2.45) is 0 Å². The van der Waals surface area contributed by atoms with Crippen molar-refractivity contribution in [1.82, 2.24) is 19.8 Å². The molecule has 3 heterocycles. The molecule has 164 valence electrons. The van der Waals surface area contributed by atoms with E-state index in [-0.39, 0.29) is 27.5 Å². The van der Waals surface area contributed by atoms with Gasteiger partial charge in [-0.25, -0.2) is 9.37 Å². The summed E-state index contributed by atoms with van der Waals surface area (Å²) in [6, 6.07) is 4.89. The van der Waals surface area contributed by atoms with Gasteiger partial charge in [0.15, 0.2) is 11.6 Å². The van der Waals surface area contributed by atoms with Crippen LogP contribution in [0.2, 0.25) is 10.0 Å². The Balaban J connectivity index is 1.56. The number of nitrogens with zero attached hydrogens (tertiary/aromatic N) is 4. The van der Waals surface area contributed by atoms with Crippen molar-refractivity contribution >= 4 is 29.0 Å². The van der Waals surface area contributed by atoms with Gasteiger partial charge < -0.3 is 15.7 Å². The lowest BCUT2D eigenvalue weighted by Crippen LogP contribution is -2.32. The third-order valence-corrected chi connectivity index (χ3v) is 6.04. The molecule has 10 heteroatoms. The standard InChI is InChI=1S/C21H22Cl2FN5O2/c1-12(19-16(22)2-3-17(23)20(19)24)31-18-8-13(9-26-21(18)25)14-10-27-29(11-14)15-4-6-28(30)7-5-15/h2-3,8-12,15,30H,4-7H2,1H3,(H2,25,26)/t12-/m1/s1. The summed E-state index contributed by atoms with van der Waals surface area (Å²) in [7, 11) is 0. The number of halogens is 3. The van der Waals surface area contributed by atoms with E-state index in [0.29, 0.717) is 18.8 Å². The summed E-state index contributed by atoms with van der Waals surface area (Å²) in [6.45, 7) is 2.89. The molecule has 0 bridgehead atoms. The summed E-state index contributed by atoms with van der Waals surface area (Å²) in [6.07, 6.45) is 6.21. The highest BCUT2D eigenvalue weighted by atomic mass is 35.5. The fraction of sp³-hybridized carbons (Fsp3) is 0.333. The van der Waals surface area contributed by atoms with Crippen LogP contribution in [-0.4, -0.2) is 38.1 Å². The van der Waals surface area contributed by atoms with Crippen molar-refractivity contribution in [3.05, 3.63) is 58.2 Å². The van der Waals surface area contributed by atoms with Crippen molar-refractivity contribution < 1.29 is 14.3 Å². The Kier molecular flexibility index (Phi) is 6.34. The first-order valence-corrected chi connectivity index (χ1v) is 10.6. The zero-order valence-corrected chi connectivity index (χ0v) is 18.3. The van der Waals surface area contributed by atoms with E-state index in [1.807, 2.05) is 10.9 Å². The van der Waals surface area contributed by atoms with Crippen molar-refractivity contribution in [3.63, 3.8) is 0 Å². The van der Waals surface area contributed by atoms with Gasteiger partial charge in [-0.15, -0.1) is 0 Å². The molecule has 1 atom stereocenters. The van der Waals surface area contributed by atoms with Gasteiger partial charge in [0.1, 0.15) is 11.9 Å². The van der Waals surface area contributed by atoms with Gasteiger partial charge in [0, 0.05) is 42.2 Å². The third kappa shape index (κ3) is 4.62. The van der Waals surface area contributed by atoms with E-state index in [2.05, 4.69) is 10.1 Å². The Morgan fingerprint density at radius 3 is 2.65 bits per heavy atom. The Labute approximate surface area is 189 Å². The predicted octanol–water partition coefficient (Wildman–Crippen LogP) is 5.14. The van der Waals surface area contributed by atoms with Gasteiger partial charge in [-0.1, -0.05) is 23.2 Å². The predicted molar refractivity (Wildman–Crippen MR) is 117 cm³/mol. The summed E-state index contributed by atoms with van der Waals surface area (Å²) < 4.78 is 22.3. The normalized spacial score (nSPS) is 16.4. The average molecular weight is 466 g/mol. The van der Waals surface area contributed by atoms with E-state index in [9.17, 15) is 9.60 Å². The molecule has 0 spiro atoms. The zero-order valence-electron chi connectivity index (χ0n) is 16.8. The minimum atomic E-state index is -0.739. The average Bonchev–Trinajstić information content (AvgIpc) is 3.23. The van der Waals surface area contributed by atoms with Crippen LogP contribution in [0, 0.1) is 5.82 Å². The number of anilines is 1. The van der Waals surface area contributed by atoms with Crippen LogP contribution in [0.3, 0.4) is 0 Å². The molecule has 4 rings (SSSR count). The van der Waals surface area contributed by atoms with Gasteiger partial charge in [0.2, 0.25) is 0 Å². The molecule has 7 nitrogen and oxygen atoms in total. The molecule has 3 N–H and O–H groups in total. The molecule has 3 aromatic rings. The van der Waals surface area contributed by atoms with Crippen LogP contribution in [0.25, 0.3) is 11.1 Å². The number of hydroxylamine groups is 2. The van der Waals surface area contributed by atoms with Crippen molar-refractivity contribution in [2.45, 2.75) is 31.9 Å². The van der Waals surface area contributed by atoms with Crippen molar-refractivity contribution in [3.8, 4) is 16.9 Å². The van der Waals surface area contributed by atoms with Gasteiger partial charge >= 0.3 is 0 Å². The molecule has 2 aromatic heterocycles. The topological polar surface area (TPSA) is 89.4 Å². The van der Waals surface area contributed by atoms with Gasteiger partial charge in [0.25, 0.3) is 0 Å². The number of nitrogens with two attached hydrogens (primary N) is 1. The van der Waals surface area contributed by atoms with Crippen LogP contribution < -0.4 is 10.5 Å². The molecule has 0 radical (unpaired) electrons. The van der Waals surface area contributed by atoms with Gasteiger partial charge in [0.05, 0.1) is 22.3 Å². The van der Waals surface area contributed by atoms with Crippen LogP contribution in [0.4, 0.5) is 10.2 Å². The molecule has 1 aromatic carbocycles. The molecule has 1 aliphatic rings. The number of nitrogen functional groups attached to an aromatic ring is 1. The Bertz CT molecular complexity index is 1090. The quantitative estimate of drug-likeness (QED) is 0.507. The molecule has 0 aliphatic carbocycles. The second kappa shape index (κ2) is 9.00. The van der Waals surface area contributed by atoms with Gasteiger partial charge in [-0.2, -0.15) is 10.2 Å². The second-order valence-electron chi connectivity index (χ2n) is 7.52. The molecule has 0 amide bonds. The Hall–Kier alpha value is -2.39. The molecular weight excluding hydrogens is 444 g/mol. The van der Waals surface area contributed by atoms with E-state index >= 15 is 0 Å². The van der Waals surface area contributed by atoms with Crippen LogP contribution in [0.5, 0.6) is 5.75 Å². The van der Waals surface area contributed by atoms with Crippen molar-refractivity contribution in [1.29, 1.82) is 0 Å². The summed E-state index contributed by atoms with van der Waals surface area (Å²) in [5, 5.41) is 15.5. The van der Waals surface area contributed by atoms with Gasteiger partial charge in [-0.3, -0.25) is 4.68 Å². The fourth-order valence-corrected chi connectivity index (χ4v) is 4.14. The minimum absolute atomic E-state index is 0.0332. The van der Waals surface area contributed by atoms with Crippen LogP contribution in [-0.2, 0) is 0 Å². The SMILES string of the molecule is C[C@@H](Oc1cc(-c2cnn(C3CCN(O)CC3)c2)cnc1N)c1c(Cl)ccc(Cl)c1F. The molecule has 0 unspecified atom stereocenters. The maximum absolute atomic E-state index is 14.5. The number of ether oxygens (including phenoxy) is 1. The lowest BCUT2D eigenvalue weighted by atomic mass is 10.1. The first kappa shape index (κ1) is 21.8. The number of piperidine rings is 1. The lowest BCUT2D eigenvalue weighted by Gasteiger charge is -2.27. The number of pyridine rings is 1. The Morgan fingerprint density at radius 2 is 1.90 bits per heavy atom. The fourth-order valence-electron chi connectivity index (χ4n) is 3.68. The van der Waals surface area contributed by atoms with Crippen LogP contribution in [0.1, 0.15) is 37.5 Å². The number of hydrogen-bond acceptors (Lipinski definition) is 6. The largest absolute Gasteiger partial charge is 0.482 e. The maximum atomic E-state index is 14.5. The highest BCUT2D eigenvalue weighted by molar-refractivity contribution is 6.33. The summed E-state index contributed by atoms with van der Waals surface area (Å²) >= 11 is 12.1. The Morgan fingerprint density at radius 1 is 1.19 bits per heavy atom. The van der Waals surface area contributed by atoms with E-state index in [1.165, 1.54) is 17.2 Å². The van der Waals surface area contributed by atoms with Crippen LogP contribution in [0.15, 0.2) is 36.8 Å². The van der Waals surface area contributed by atoms with E-state index < -0.39 is 11.9 Å². The number of aromatic nitrogens is 3. The number of hydrogen-bond donors (Lipinski definition) is 2. The summed E-state index contributed by atoms with van der Waals surface area (Å²) in [5.41, 5.74) is 7.77. The summed E-state index contributed by atoms with van der Waals surface area (Å²) in [4.78, 5) is 4.22. The minimum Gasteiger partial charge on any atom is -0.482 e. The molecule has 31 heavy (non-hydrogen) atoms. The smallest absolute Gasteiger partial charge is 0.166 e. The van der Waals surface area contributed by atoms with E-state index in [1.54, 1.807) is 25.4 Å². The van der Waals surface area contributed by atoms with Gasteiger partial charge in [-0.05, 0) is 38.0 Å². The molecular formula is C21H22Cl2FN5O2. The second-order valence-corrected chi connectivity index (χ2v) is 8.33. The monoisotopic (exact) mass is 465 g/mol. The number of rotatable bonds is 5. The van der Waals surface area contributed by atoms with Crippen molar-refractivity contribution in [2.75, 3.05) is 18.8 Å². The lowest BCUT2D eigenvalue weighted by molar-refractivity contribution is -0.111. The molecule has 1 saturated heterocycles. The first-order chi connectivity index (χ1) is 14.8. The summed E-state index contributed by atoms with van der Waals surface area (Å²) in [5.74, 6) is -0.141. The van der Waals surface area contributed by atoms with E-state index in [4.69, 9.17) is 33.7 Å². The first-order valence-electron chi connectivity index (χ1n) is 9.87. The molecule has 1 fully saturated rings. The van der Waals surface area contributed by atoms with Crippen LogP contribution >= 0.6 is 23.2 Å². The van der Waals surface area contributed by atoms with E-state index in [0.717, 1.165) is 24.0 Å². The molecule has 0 saturated carbocycles. The zero-order chi connectivity index (χ0) is 22.1.